The summed E-state index contributed by atoms with van der Waals surface area (Å²) in [4.78, 5) is 2.55. The minimum atomic E-state index is -3.42. The van der Waals surface area contributed by atoms with Gasteiger partial charge in [-0.05, 0) is 40.7 Å². The van der Waals surface area contributed by atoms with E-state index in [9.17, 15) is 8.42 Å². The molecule has 1 saturated heterocycles. The second-order valence-electron chi connectivity index (χ2n) is 4.63. The van der Waals surface area contributed by atoms with Crippen LogP contribution in [-0.4, -0.2) is 57.5 Å². The molecule has 8 heteroatoms. The van der Waals surface area contributed by atoms with Gasteiger partial charge in [0, 0.05) is 26.2 Å². The molecule has 0 radical (unpaired) electrons. The first-order chi connectivity index (χ1) is 9.48. The van der Waals surface area contributed by atoms with E-state index < -0.39 is 10.0 Å². The average molecular weight is 400 g/mol. The van der Waals surface area contributed by atoms with Gasteiger partial charge < -0.3 is 9.64 Å². The van der Waals surface area contributed by atoms with Crippen molar-refractivity contribution in [2.45, 2.75) is 11.8 Å². The molecule has 1 aliphatic rings. The smallest absolute Gasteiger partial charge is 0.243 e. The topological polar surface area (TPSA) is 49.9 Å². The van der Waals surface area contributed by atoms with Crippen molar-refractivity contribution < 1.29 is 13.2 Å². The second kappa shape index (κ2) is 7.78. The molecule has 5 nitrogen and oxygen atoms in total. The number of likely N-dealkylation sites (N-methyl/N-ethyl adjacent to an activating group) is 1. The lowest BCUT2D eigenvalue weighted by Gasteiger charge is -2.33. The summed E-state index contributed by atoms with van der Waals surface area (Å²) in [6.45, 7) is 5.70. The van der Waals surface area contributed by atoms with E-state index in [1.807, 2.05) is 0 Å². The maximum Gasteiger partial charge on any atom is 0.243 e. The van der Waals surface area contributed by atoms with Crippen molar-refractivity contribution in [1.82, 2.24) is 9.21 Å². The van der Waals surface area contributed by atoms with E-state index >= 15 is 0 Å². The lowest BCUT2D eigenvalue weighted by Crippen LogP contribution is -2.48. The summed E-state index contributed by atoms with van der Waals surface area (Å²) in [6.07, 6.45) is 0. The molecule has 0 bridgehead atoms. The number of ether oxygens (including phenoxy) is 1. The third-order valence-electron chi connectivity index (χ3n) is 3.54. The molecular weight excluding hydrogens is 380 g/mol. The fourth-order valence-electron chi connectivity index (χ4n) is 2.24. The Kier molecular flexibility index (Phi) is 6.93. The fourth-order valence-corrected chi connectivity index (χ4v) is 4.38. The van der Waals surface area contributed by atoms with Gasteiger partial charge in [-0.15, -0.1) is 12.4 Å². The van der Waals surface area contributed by atoms with E-state index in [1.54, 1.807) is 29.6 Å². The van der Waals surface area contributed by atoms with E-state index in [-0.39, 0.29) is 12.4 Å². The largest absolute Gasteiger partial charge is 0.496 e. The number of piperazine rings is 1. The van der Waals surface area contributed by atoms with Gasteiger partial charge in [-0.2, -0.15) is 4.31 Å². The molecule has 120 valence electrons. The maximum absolute atomic E-state index is 12.6. The SMILES string of the molecule is CCN1CCN(S(=O)(=O)c2ccc(OC)c(Br)c2)CC1.Cl. The van der Waals surface area contributed by atoms with Crippen LogP contribution in [0.25, 0.3) is 0 Å². The monoisotopic (exact) mass is 398 g/mol. The Hall–Kier alpha value is -0.340. The third kappa shape index (κ3) is 4.10. The first-order valence-corrected chi connectivity index (χ1v) is 8.78. The first kappa shape index (κ1) is 18.7. The van der Waals surface area contributed by atoms with Crippen molar-refractivity contribution in [2.24, 2.45) is 0 Å². The fraction of sp³-hybridized carbons (Fsp3) is 0.538. The zero-order chi connectivity index (χ0) is 14.8. The quantitative estimate of drug-likeness (QED) is 0.779. The molecule has 0 unspecified atom stereocenters. The summed E-state index contributed by atoms with van der Waals surface area (Å²) in [5.41, 5.74) is 0. The molecule has 0 atom stereocenters. The van der Waals surface area contributed by atoms with E-state index in [2.05, 4.69) is 27.8 Å². The van der Waals surface area contributed by atoms with Gasteiger partial charge in [-0.3, -0.25) is 0 Å². The molecule has 1 heterocycles. The van der Waals surface area contributed by atoms with Crippen molar-refractivity contribution in [3.8, 4) is 5.75 Å². The van der Waals surface area contributed by atoms with Crippen LogP contribution in [0.3, 0.4) is 0 Å². The van der Waals surface area contributed by atoms with Crippen LogP contribution in [0.15, 0.2) is 27.6 Å². The molecular formula is C13H20BrClN2O3S. The van der Waals surface area contributed by atoms with Gasteiger partial charge in [0.2, 0.25) is 10.0 Å². The normalized spacial score (nSPS) is 17.3. The summed E-state index contributed by atoms with van der Waals surface area (Å²) in [5.74, 6) is 0.625. The molecule has 21 heavy (non-hydrogen) atoms. The number of sulfonamides is 1. The minimum Gasteiger partial charge on any atom is -0.496 e. The van der Waals surface area contributed by atoms with Crippen LogP contribution < -0.4 is 4.74 Å². The molecule has 0 saturated carbocycles. The average Bonchev–Trinajstić information content (AvgIpc) is 2.47. The Labute approximate surface area is 140 Å². The van der Waals surface area contributed by atoms with Crippen LogP contribution >= 0.6 is 28.3 Å². The van der Waals surface area contributed by atoms with Gasteiger partial charge in [-0.25, -0.2) is 8.42 Å². The van der Waals surface area contributed by atoms with Crippen molar-refractivity contribution in [1.29, 1.82) is 0 Å². The third-order valence-corrected chi connectivity index (χ3v) is 6.05. The molecule has 0 aliphatic carbocycles. The van der Waals surface area contributed by atoms with Gasteiger partial charge in [0.1, 0.15) is 5.75 Å². The molecule has 0 aromatic heterocycles. The summed E-state index contributed by atoms with van der Waals surface area (Å²) in [6, 6.07) is 4.85. The van der Waals surface area contributed by atoms with Crippen molar-refractivity contribution >= 4 is 38.4 Å². The molecule has 0 amide bonds. The standard InChI is InChI=1S/C13H19BrN2O3S.ClH/c1-3-15-6-8-16(9-7-15)20(17,18)11-4-5-13(19-2)12(14)10-11;/h4-5,10H,3,6-9H2,1-2H3;1H. The van der Waals surface area contributed by atoms with Crippen LogP contribution in [0.4, 0.5) is 0 Å². The number of rotatable bonds is 4. The number of nitrogens with zero attached hydrogens (tertiary/aromatic N) is 2. The molecule has 1 aliphatic heterocycles. The predicted molar refractivity (Wildman–Crippen MR) is 88.8 cm³/mol. The van der Waals surface area contributed by atoms with E-state index in [4.69, 9.17) is 4.74 Å². The van der Waals surface area contributed by atoms with Gasteiger partial charge in [-0.1, -0.05) is 6.92 Å². The number of hydrogen-bond donors (Lipinski definition) is 0. The summed E-state index contributed by atoms with van der Waals surface area (Å²) in [7, 11) is -1.87. The van der Waals surface area contributed by atoms with E-state index in [1.165, 1.54) is 0 Å². The maximum atomic E-state index is 12.6. The number of halogens is 2. The highest BCUT2D eigenvalue weighted by Crippen LogP contribution is 2.29. The molecule has 1 aromatic rings. The molecule has 1 aromatic carbocycles. The van der Waals surface area contributed by atoms with Gasteiger partial charge in [0.05, 0.1) is 16.5 Å². The molecule has 0 N–H and O–H groups in total. The van der Waals surface area contributed by atoms with Crippen molar-refractivity contribution in [2.75, 3.05) is 39.8 Å². The second-order valence-corrected chi connectivity index (χ2v) is 7.43. The Morgan fingerprint density at radius 2 is 1.86 bits per heavy atom. The highest BCUT2D eigenvalue weighted by molar-refractivity contribution is 9.10. The number of hydrogen-bond acceptors (Lipinski definition) is 4. The molecule has 2 rings (SSSR count). The number of benzene rings is 1. The van der Waals surface area contributed by atoms with Crippen molar-refractivity contribution in [3.63, 3.8) is 0 Å². The van der Waals surface area contributed by atoms with Crippen molar-refractivity contribution in [3.05, 3.63) is 22.7 Å². The summed E-state index contributed by atoms with van der Waals surface area (Å²) >= 11 is 3.33. The minimum absolute atomic E-state index is 0. The van der Waals surface area contributed by atoms with Crippen LogP contribution in [0.1, 0.15) is 6.92 Å². The Balaban J connectivity index is 0.00000220. The summed E-state index contributed by atoms with van der Waals surface area (Å²) < 4.78 is 32.5. The number of methoxy groups -OCH3 is 1. The Morgan fingerprint density at radius 1 is 1.24 bits per heavy atom. The lowest BCUT2D eigenvalue weighted by atomic mass is 10.3. The van der Waals surface area contributed by atoms with Gasteiger partial charge in [0.15, 0.2) is 0 Å². The zero-order valence-corrected chi connectivity index (χ0v) is 15.3. The molecule has 0 spiro atoms. The summed E-state index contributed by atoms with van der Waals surface area (Å²) in [5, 5.41) is 0. The Bertz CT molecular complexity index is 575. The highest BCUT2D eigenvalue weighted by Gasteiger charge is 2.28. The highest BCUT2D eigenvalue weighted by atomic mass is 79.9. The van der Waals surface area contributed by atoms with Crippen LogP contribution in [0, 0.1) is 0 Å². The lowest BCUT2D eigenvalue weighted by molar-refractivity contribution is 0.196. The van der Waals surface area contributed by atoms with E-state index in [0.717, 1.165) is 19.6 Å². The van der Waals surface area contributed by atoms with Crippen LogP contribution in [-0.2, 0) is 10.0 Å². The predicted octanol–water partition coefficient (Wildman–Crippen LogP) is 2.21. The van der Waals surface area contributed by atoms with Gasteiger partial charge >= 0.3 is 0 Å². The van der Waals surface area contributed by atoms with Crippen LogP contribution in [0.5, 0.6) is 5.75 Å². The van der Waals surface area contributed by atoms with Gasteiger partial charge in [0.25, 0.3) is 0 Å². The zero-order valence-electron chi connectivity index (χ0n) is 12.1. The Morgan fingerprint density at radius 3 is 2.33 bits per heavy atom. The molecule has 1 fully saturated rings. The van der Waals surface area contributed by atoms with Crippen LogP contribution in [0.2, 0.25) is 0 Å². The van der Waals surface area contributed by atoms with E-state index in [0.29, 0.717) is 28.2 Å². The first-order valence-electron chi connectivity index (χ1n) is 6.55.